The number of hydrogen-bond acceptors (Lipinski definition) is 6. The van der Waals surface area contributed by atoms with Crippen LogP contribution in [0.15, 0.2) is 0 Å². The molecule has 0 spiro atoms. The molecular formula is C49H98O6. The van der Waals surface area contributed by atoms with Crippen molar-refractivity contribution in [1.82, 2.24) is 0 Å². The summed E-state index contributed by atoms with van der Waals surface area (Å²) >= 11 is 0. The molecule has 0 aromatic heterocycles. The topological polar surface area (TPSA) is 93.1 Å². The number of ether oxygens (including phenoxy) is 2. The van der Waals surface area contributed by atoms with Gasteiger partial charge in [-0.1, -0.05) is 234 Å². The van der Waals surface area contributed by atoms with E-state index in [2.05, 4.69) is 34.6 Å². The van der Waals surface area contributed by atoms with Gasteiger partial charge in [-0.2, -0.15) is 0 Å². The largest absolute Gasteiger partial charge is 0.466 e. The molecule has 0 aliphatic rings. The fourth-order valence-corrected chi connectivity index (χ4v) is 6.99. The number of unbranched alkanes of at least 4 members (excludes halogenated alkanes) is 29. The minimum Gasteiger partial charge on any atom is -0.466 e. The van der Waals surface area contributed by atoms with Crippen molar-refractivity contribution >= 4 is 11.9 Å². The van der Waals surface area contributed by atoms with E-state index in [0.29, 0.717) is 19.4 Å². The molecule has 6 heteroatoms. The van der Waals surface area contributed by atoms with Gasteiger partial charge in [0.25, 0.3) is 0 Å². The zero-order valence-corrected chi connectivity index (χ0v) is 37.8. The summed E-state index contributed by atoms with van der Waals surface area (Å²) in [6, 6.07) is 0. The van der Waals surface area contributed by atoms with Crippen LogP contribution in [0.4, 0.5) is 0 Å². The fourth-order valence-electron chi connectivity index (χ4n) is 6.99. The standard InChI is InChI=1S/C28H56O2.C21H42O4/c1-4-5-6-7-8-17-20-23-26-30-28(29)25-22-19-16-14-12-10-9-11-13-15-18-21-24-27(2)3;1-19(2)15-13-11-9-7-5-3-4-6-8-10-12-14-16-21(24)25-18-20(23)17-22/h27H,4-26H2,1-3H3;19-20,22-23H,3-18H2,1-2H3. The zero-order valence-electron chi connectivity index (χ0n) is 37.8. The molecule has 6 nitrogen and oxygen atoms in total. The Hall–Kier alpha value is -1.14. The highest BCUT2D eigenvalue weighted by molar-refractivity contribution is 5.69. The number of carbonyl (C=O) groups is 2. The average Bonchev–Trinajstić information content (AvgIpc) is 3.16. The first kappa shape index (κ1) is 56.0. The molecule has 1 atom stereocenters. The number of esters is 2. The van der Waals surface area contributed by atoms with E-state index < -0.39 is 6.10 Å². The molecule has 0 saturated heterocycles. The summed E-state index contributed by atoms with van der Waals surface area (Å²) < 4.78 is 10.2. The van der Waals surface area contributed by atoms with Crippen LogP contribution in [0.25, 0.3) is 0 Å². The summed E-state index contributed by atoms with van der Waals surface area (Å²) in [7, 11) is 0. The molecule has 0 amide bonds. The Kier molecular flexibility index (Phi) is 48.1. The molecule has 0 aliphatic carbocycles. The monoisotopic (exact) mass is 783 g/mol. The zero-order chi connectivity index (χ0) is 40.9. The van der Waals surface area contributed by atoms with E-state index in [0.717, 1.165) is 37.5 Å². The SMILES string of the molecule is CC(C)CCCCCCCCCCCCCCC(=O)OCC(O)CO.CCCCCCCCCCOC(=O)CCCCCCCCCCCCCCC(C)C. The lowest BCUT2D eigenvalue weighted by Crippen LogP contribution is -2.21. The highest BCUT2D eigenvalue weighted by Crippen LogP contribution is 2.16. The molecule has 2 N–H and O–H groups in total. The van der Waals surface area contributed by atoms with E-state index >= 15 is 0 Å². The lowest BCUT2D eigenvalue weighted by molar-refractivity contribution is -0.147. The predicted molar refractivity (Wildman–Crippen MR) is 237 cm³/mol. The van der Waals surface area contributed by atoms with Gasteiger partial charge in [0.2, 0.25) is 0 Å². The third-order valence-corrected chi connectivity index (χ3v) is 10.7. The lowest BCUT2D eigenvalue weighted by atomic mass is 10.0. The molecule has 0 aromatic carbocycles. The van der Waals surface area contributed by atoms with Crippen molar-refractivity contribution in [3.8, 4) is 0 Å². The van der Waals surface area contributed by atoms with Crippen LogP contribution >= 0.6 is 0 Å². The second-order valence-corrected chi connectivity index (χ2v) is 17.6. The molecule has 0 aliphatic heterocycles. The number of hydrogen-bond donors (Lipinski definition) is 2. The second-order valence-electron chi connectivity index (χ2n) is 17.6. The van der Waals surface area contributed by atoms with Gasteiger partial charge in [0, 0.05) is 12.8 Å². The first-order valence-electron chi connectivity index (χ1n) is 24.3. The van der Waals surface area contributed by atoms with Gasteiger partial charge in [-0.05, 0) is 31.1 Å². The van der Waals surface area contributed by atoms with Crippen molar-refractivity contribution in [3.05, 3.63) is 0 Å². The van der Waals surface area contributed by atoms with Crippen LogP contribution in [-0.2, 0) is 19.1 Å². The number of aliphatic hydroxyl groups is 2. The number of carbonyl (C=O) groups excluding carboxylic acids is 2. The first-order chi connectivity index (χ1) is 26.7. The molecule has 0 saturated carbocycles. The number of aliphatic hydroxyl groups excluding tert-OH is 2. The maximum Gasteiger partial charge on any atom is 0.305 e. The summed E-state index contributed by atoms with van der Waals surface area (Å²) in [5.74, 6) is 1.47. The molecule has 330 valence electrons. The van der Waals surface area contributed by atoms with E-state index in [9.17, 15) is 9.59 Å². The van der Waals surface area contributed by atoms with E-state index in [-0.39, 0.29) is 25.2 Å². The van der Waals surface area contributed by atoms with Crippen LogP contribution in [0.5, 0.6) is 0 Å². The van der Waals surface area contributed by atoms with Crippen LogP contribution in [0.3, 0.4) is 0 Å². The normalized spacial score (nSPS) is 11.9. The van der Waals surface area contributed by atoms with Crippen LogP contribution < -0.4 is 0 Å². The molecule has 0 rings (SSSR count). The molecule has 0 bridgehead atoms. The smallest absolute Gasteiger partial charge is 0.305 e. The molecule has 1 unspecified atom stereocenters. The van der Waals surface area contributed by atoms with Gasteiger partial charge < -0.3 is 19.7 Å². The quantitative estimate of drug-likeness (QED) is 0.0473. The van der Waals surface area contributed by atoms with Crippen LogP contribution in [0, 0.1) is 11.8 Å². The summed E-state index contributed by atoms with van der Waals surface area (Å²) in [4.78, 5) is 23.1. The molecule has 0 radical (unpaired) electrons. The molecule has 0 heterocycles. The summed E-state index contributed by atoms with van der Waals surface area (Å²) in [5.41, 5.74) is 0. The maximum atomic E-state index is 11.8. The van der Waals surface area contributed by atoms with E-state index in [4.69, 9.17) is 19.7 Å². The van der Waals surface area contributed by atoms with Gasteiger partial charge in [-0.15, -0.1) is 0 Å². The van der Waals surface area contributed by atoms with E-state index in [1.54, 1.807) is 0 Å². The van der Waals surface area contributed by atoms with Crippen molar-refractivity contribution in [2.75, 3.05) is 19.8 Å². The van der Waals surface area contributed by atoms with Gasteiger partial charge in [-0.3, -0.25) is 9.59 Å². The fraction of sp³-hybridized carbons (Fsp3) is 0.959. The summed E-state index contributed by atoms with van der Waals surface area (Å²) in [5, 5.41) is 17.7. The Morgan fingerprint density at radius 3 is 1.04 bits per heavy atom. The first-order valence-corrected chi connectivity index (χ1v) is 24.3. The summed E-state index contributed by atoms with van der Waals surface area (Å²) in [6.07, 6.45) is 44.6. The Morgan fingerprint density at radius 1 is 0.418 bits per heavy atom. The Balaban J connectivity index is 0. The lowest BCUT2D eigenvalue weighted by Gasteiger charge is -2.08. The van der Waals surface area contributed by atoms with E-state index in [1.807, 2.05) is 0 Å². The summed E-state index contributed by atoms with van der Waals surface area (Å²) in [6.45, 7) is 11.7. The van der Waals surface area contributed by atoms with Gasteiger partial charge in [-0.25, -0.2) is 0 Å². The van der Waals surface area contributed by atoms with Gasteiger partial charge in [0.1, 0.15) is 12.7 Å². The average molecular weight is 783 g/mol. The Bertz CT molecular complexity index is 754. The highest BCUT2D eigenvalue weighted by Gasteiger charge is 2.07. The molecule has 0 fully saturated rings. The predicted octanol–water partition coefficient (Wildman–Crippen LogP) is 14.8. The van der Waals surface area contributed by atoms with Gasteiger partial charge >= 0.3 is 11.9 Å². The third kappa shape index (κ3) is 52.9. The van der Waals surface area contributed by atoms with Crippen LogP contribution in [0.1, 0.15) is 266 Å². The Morgan fingerprint density at radius 2 is 0.709 bits per heavy atom. The van der Waals surface area contributed by atoms with Gasteiger partial charge in [0.05, 0.1) is 13.2 Å². The van der Waals surface area contributed by atoms with Crippen molar-refractivity contribution < 1.29 is 29.3 Å². The van der Waals surface area contributed by atoms with Crippen molar-refractivity contribution in [3.63, 3.8) is 0 Å². The van der Waals surface area contributed by atoms with E-state index in [1.165, 1.54) is 193 Å². The van der Waals surface area contributed by atoms with Crippen molar-refractivity contribution in [2.24, 2.45) is 11.8 Å². The minimum absolute atomic E-state index is 0.0198. The van der Waals surface area contributed by atoms with Gasteiger partial charge in [0.15, 0.2) is 0 Å². The number of rotatable bonds is 42. The maximum absolute atomic E-state index is 11.8. The highest BCUT2D eigenvalue weighted by atomic mass is 16.5. The Labute approximate surface area is 343 Å². The van der Waals surface area contributed by atoms with Crippen LogP contribution in [-0.4, -0.2) is 48.1 Å². The molecule has 55 heavy (non-hydrogen) atoms. The molecule has 0 aromatic rings. The minimum atomic E-state index is -0.955. The third-order valence-electron chi connectivity index (χ3n) is 10.7. The second kappa shape index (κ2) is 47.2. The van der Waals surface area contributed by atoms with Crippen LogP contribution in [0.2, 0.25) is 0 Å². The molecular weight excluding hydrogens is 685 g/mol. The van der Waals surface area contributed by atoms with Crippen molar-refractivity contribution in [2.45, 2.75) is 272 Å². The van der Waals surface area contributed by atoms with Crippen molar-refractivity contribution in [1.29, 1.82) is 0 Å².